The molecular formula is C16H15ClN2. The Balaban J connectivity index is 2.22. The van der Waals surface area contributed by atoms with Gasteiger partial charge in [0, 0.05) is 5.69 Å². The molecule has 0 saturated heterocycles. The van der Waals surface area contributed by atoms with Gasteiger partial charge in [-0.25, -0.2) is 0 Å². The molecule has 2 rings (SSSR count). The summed E-state index contributed by atoms with van der Waals surface area (Å²) >= 11 is 6.00. The van der Waals surface area contributed by atoms with Crippen LogP contribution in [0.1, 0.15) is 24.5 Å². The fourth-order valence-corrected chi connectivity index (χ4v) is 2.16. The first kappa shape index (κ1) is 13.5. The molecule has 2 aromatic carbocycles. The van der Waals surface area contributed by atoms with Crippen LogP contribution in [0.5, 0.6) is 0 Å². The third-order valence-electron chi connectivity index (χ3n) is 2.90. The van der Waals surface area contributed by atoms with Gasteiger partial charge in [-0.3, -0.25) is 0 Å². The minimum atomic E-state index is 0.468. The van der Waals surface area contributed by atoms with Crippen LogP contribution in [-0.4, -0.2) is 0 Å². The normalized spacial score (nSPS) is 9.95. The molecule has 0 aliphatic rings. The summed E-state index contributed by atoms with van der Waals surface area (Å²) in [5.41, 5.74) is 3.48. The first-order valence-corrected chi connectivity index (χ1v) is 6.67. The smallest absolute Gasteiger partial charge is 0.103 e. The second-order valence-electron chi connectivity index (χ2n) is 4.35. The van der Waals surface area contributed by atoms with Gasteiger partial charge in [0.15, 0.2) is 0 Å². The van der Waals surface area contributed by atoms with Crippen molar-refractivity contribution in [3.63, 3.8) is 0 Å². The van der Waals surface area contributed by atoms with Gasteiger partial charge in [0.1, 0.15) is 6.07 Å². The third-order valence-corrected chi connectivity index (χ3v) is 3.21. The minimum Gasteiger partial charge on any atom is -0.354 e. The van der Waals surface area contributed by atoms with Crippen LogP contribution in [-0.2, 0) is 6.42 Å². The minimum absolute atomic E-state index is 0.468. The van der Waals surface area contributed by atoms with E-state index < -0.39 is 0 Å². The maximum absolute atomic E-state index is 9.12. The molecule has 0 aliphatic carbocycles. The van der Waals surface area contributed by atoms with Crippen molar-refractivity contribution >= 4 is 23.0 Å². The van der Waals surface area contributed by atoms with Crippen LogP contribution in [0.4, 0.5) is 11.4 Å². The molecule has 0 saturated carbocycles. The summed E-state index contributed by atoms with van der Waals surface area (Å²) in [6.45, 7) is 2.16. The summed E-state index contributed by atoms with van der Waals surface area (Å²) in [4.78, 5) is 0. The van der Waals surface area contributed by atoms with E-state index in [9.17, 15) is 0 Å². The molecular weight excluding hydrogens is 256 g/mol. The Morgan fingerprint density at radius 1 is 1.16 bits per heavy atom. The molecule has 3 heteroatoms. The van der Waals surface area contributed by atoms with Gasteiger partial charge in [0.2, 0.25) is 0 Å². The van der Waals surface area contributed by atoms with Gasteiger partial charge in [-0.05, 0) is 36.2 Å². The summed E-state index contributed by atoms with van der Waals surface area (Å²) in [7, 11) is 0. The summed E-state index contributed by atoms with van der Waals surface area (Å²) in [5, 5.41) is 12.8. The van der Waals surface area contributed by atoms with Gasteiger partial charge in [0.05, 0.1) is 16.3 Å². The van der Waals surface area contributed by atoms with E-state index in [0.29, 0.717) is 10.6 Å². The molecule has 0 aromatic heterocycles. The average Bonchev–Trinajstić information content (AvgIpc) is 2.42. The molecule has 0 spiro atoms. The molecule has 0 aliphatic heterocycles. The molecule has 2 aromatic rings. The quantitative estimate of drug-likeness (QED) is 0.857. The molecule has 0 heterocycles. The van der Waals surface area contributed by atoms with Crippen LogP contribution in [0.15, 0.2) is 42.5 Å². The number of rotatable bonds is 4. The molecule has 0 fully saturated rings. The maximum Gasteiger partial charge on any atom is 0.103 e. The highest BCUT2D eigenvalue weighted by Gasteiger charge is 2.06. The number of hydrogen-bond donors (Lipinski definition) is 1. The lowest BCUT2D eigenvalue weighted by Gasteiger charge is -2.09. The van der Waals surface area contributed by atoms with Gasteiger partial charge >= 0.3 is 0 Å². The lowest BCUT2D eigenvalue weighted by Crippen LogP contribution is -1.94. The van der Waals surface area contributed by atoms with Crippen LogP contribution < -0.4 is 5.32 Å². The van der Waals surface area contributed by atoms with Gasteiger partial charge in [0.25, 0.3) is 0 Å². The largest absolute Gasteiger partial charge is 0.354 e. The van der Waals surface area contributed by atoms with Crippen LogP contribution in [0.3, 0.4) is 0 Å². The molecule has 19 heavy (non-hydrogen) atoms. The van der Waals surface area contributed by atoms with E-state index in [1.165, 1.54) is 5.56 Å². The van der Waals surface area contributed by atoms with E-state index in [1.807, 2.05) is 24.3 Å². The van der Waals surface area contributed by atoms with E-state index in [0.717, 1.165) is 24.2 Å². The summed E-state index contributed by atoms with van der Waals surface area (Å²) < 4.78 is 0. The number of halogens is 1. The Morgan fingerprint density at radius 2 is 1.89 bits per heavy atom. The van der Waals surface area contributed by atoms with Crippen LogP contribution in [0, 0.1) is 11.3 Å². The Bertz CT molecular complexity index is 597. The number of nitriles is 1. The summed E-state index contributed by atoms with van der Waals surface area (Å²) in [6, 6.07) is 15.8. The molecule has 0 unspecified atom stereocenters. The number of nitrogens with zero attached hydrogens (tertiary/aromatic N) is 1. The fraction of sp³-hybridized carbons (Fsp3) is 0.188. The predicted molar refractivity (Wildman–Crippen MR) is 79.9 cm³/mol. The first-order valence-electron chi connectivity index (χ1n) is 6.29. The van der Waals surface area contributed by atoms with E-state index >= 15 is 0 Å². The second-order valence-corrected chi connectivity index (χ2v) is 4.75. The standard InChI is InChI=1S/C16H15ClN2/c1-2-4-12-7-9-13(10-8-12)19-16-6-3-5-15(17)14(16)11-18/h3,5-10,19H,2,4H2,1H3. The van der Waals surface area contributed by atoms with Gasteiger partial charge in [-0.1, -0.05) is 43.1 Å². The van der Waals surface area contributed by atoms with Crippen molar-refractivity contribution in [2.45, 2.75) is 19.8 Å². The molecule has 0 bridgehead atoms. The molecule has 0 atom stereocenters. The number of nitrogens with one attached hydrogen (secondary N) is 1. The molecule has 1 N–H and O–H groups in total. The first-order chi connectivity index (χ1) is 9.24. The Morgan fingerprint density at radius 3 is 2.53 bits per heavy atom. The zero-order valence-corrected chi connectivity index (χ0v) is 11.5. The SMILES string of the molecule is CCCc1ccc(Nc2cccc(Cl)c2C#N)cc1. The second kappa shape index (κ2) is 6.26. The van der Waals surface area contributed by atoms with Crippen molar-refractivity contribution in [2.75, 3.05) is 5.32 Å². The van der Waals surface area contributed by atoms with Crippen molar-refractivity contribution in [3.8, 4) is 6.07 Å². The average molecular weight is 271 g/mol. The summed E-state index contributed by atoms with van der Waals surface area (Å²) in [6.07, 6.45) is 2.22. The zero-order chi connectivity index (χ0) is 13.7. The van der Waals surface area contributed by atoms with E-state index in [-0.39, 0.29) is 0 Å². The van der Waals surface area contributed by atoms with Crippen LogP contribution >= 0.6 is 11.6 Å². The van der Waals surface area contributed by atoms with Crippen LogP contribution in [0.25, 0.3) is 0 Å². The lowest BCUT2D eigenvalue weighted by atomic mass is 10.1. The zero-order valence-electron chi connectivity index (χ0n) is 10.8. The number of anilines is 2. The van der Waals surface area contributed by atoms with Gasteiger partial charge in [-0.15, -0.1) is 0 Å². The Kier molecular flexibility index (Phi) is 4.43. The van der Waals surface area contributed by atoms with Crippen molar-refractivity contribution < 1.29 is 0 Å². The van der Waals surface area contributed by atoms with Crippen molar-refractivity contribution in [2.24, 2.45) is 0 Å². The van der Waals surface area contributed by atoms with E-state index in [4.69, 9.17) is 16.9 Å². The monoisotopic (exact) mass is 270 g/mol. The Labute approximate surface area is 118 Å². The van der Waals surface area contributed by atoms with E-state index in [1.54, 1.807) is 6.07 Å². The topological polar surface area (TPSA) is 35.8 Å². The van der Waals surface area contributed by atoms with Gasteiger partial charge < -0.3 is 5.32 Å². The number of hydrogen-bond acceptors (Lipinski definition) is 2. The van der Waals surface area contributed by atoms with Crippen LogP contribution in [0.2, 0.25) is 5.02 Å². The molecule has 96 valence electrons. The Hall–Kier alpha value is -1.98. The predicted octanol–water partition coefficient (Wildman–Crippen LogP) is 4.91. The highest BCUT2D eigenvalue weighted by atomic mass is 35.5. The van der Waals surface area contributed by atoms with E-state index in [2.05, 4.69) is 30.4 Å². The van der Waals surface area contributed by atoms with Gasteiger partial charge in [-0.2, -0.15) is 5.26 Å². The van der Waals surface area contributed by atoms with Crippen molar-refractivity contribution in [3.05, 3.63) is 58.6 Å². The fourth-order valence-electron chi connectivity index (χ4n) is 1.94. The maximum atomic E-state index is 9.12. The summed E-state index contributed by atoms with van der Waals surface area (Å²) in [5.74, 6) is 0. The number of aryl methyl sites for hydroxylation is 1. The highest BCUT2D eigenvalue weighted by Crippen LogP contribution is 2.26. The lowest BCUT2D eigenvalue weighted by molar-refractivity contribution is 0.922. The van der Waals surface area contributed by atoms with Crippen molar-refractivity contribution in [1.29, 1.82) is 5.26 Å². The molecule has 0 amide bonds. The third kappa shape index (κ3) is 3.27. The molecule has 2 nitrogen and oxygen atoms in total. The number of benzene rings is 2. The highest BCUT2D eigenvalue weighted by molar-refractivity contribution is 6.32. The van der Waals surface area contributed by atoms with Crippen molar-refractivity contribution in [1.82, 2.24) is 0 Å². The molecule has 0 radical (unpaired) electrons.